The first-order valence-electron chi connectivity index (χ1n) is 0.280. The van der Waals surface area contributed by atoms with Crippen LogP contribution in [0.1, 0.15) is 0 Å². The maximum atomic E-state index is 8.25. The molecule has 0 bridgehead atoms. The molecule has 0 saturated heterocycles. The Labute approximate surface area is 87.7 Å². The van der Waals surface area contributed by atoms with Crippen LogP contribution in [-0.2, 0) is 44.2 Å². The van der Waals surface area contributed by atoms with E-state index in [1.165, 1.54) is 0 Å². The second-order valence-corrected chi connectivity index (χ2v) is 0. The van der Waals surface area contributed by atoms with Gasteiger partial charge in [-0.3, -0.25) is 0 Å². The average Bonchev–Trinajstić information content (AvgIpc) is 1.50. The Hall–Kier alpha value is 2.35. The molecular weight excluding hydrogens is 413 g/mol. The zero-order chi connectivity index (χ0) is 4.00. The van der Waals surface area contributed by atoms with Crippen LogP contribution in [0.3, 0.4) is 0 Å². The van der Waals surface area contributed by atoms with Crippen molar-refractivity contribution in [3.8, 4) is 0 Å². The first kappa shape index (κ1) is 15.7. The zero-order valence-corrected chi connectivity index (χ0v) is 5.64. The van der Waals surface area contributed by atoms with Gasteiger partial charge in [0.05, 0.1) is 0 Å². The van der Waals surface area contributed by atoms with Gasteiger partial charge >= 0.3 is 89.7 Å². The third-order valence-electron chi connectivity index (χ3n) is 0. The van der Waals surface area contributed by atoms with Crippen molar-refractivity contribution >= 4 is 45.5 Å². The van der Waals surface area contributed by atoms with E-state index in [4.69, 9.17) is 7.08 Å². The average molecular weight is 415 g/mol. The van der Waals surface area contributed by atoms with Crippen molar-refractivity contribution in [1.29, 1.82) is 0 Å². The second-order valence-electron chi connectivity index (χ2n) is 0. The second kappa shape index (κ2) is 32.9. The quantitative estimate of drug-likeness (QED) is 0.469. The van der Waals surface area contributed by atoms with Gasteiger partial charge in [0.25, 0.3) is 0 Å². The van der Waals surface area contributed by atoms with E-state index in [0.29, 0.717) is 0 Å². The van der Waals surface area contributed by atoms with Crippen LogP contribution in [0.15, 0.2) is 0 Å². The topological polar surface area (TPSA) is 34.1 Å². The molecule has 0 aromatic heterocycles. The Morgan fingerprint density at radius 1 is 1.20 bits per heavy atom. The molecule has 33 valence electrons. The molecule has 0 saturated carbocycles. The Balaban J connectivity index is -0.0000000133. The molecule has 0 aliphatic rings. The molecule has 0 atom stereocenters. The van der Waals surface area contributed by atoms with E-state index in [1.54, 1.807) is 0 Å². The van der Waals surface area contributed by atoms with Crippen LogP contribution >= 0.6 is 0 Å². The van der Waals surface area contributed by atoms with Gasteiger partial charge in [-0.15, -0.1) is 0 Å². The van der Waals surface area contributed by atoms with Gasteiger partial charge in [-0.25, -0.2) is 0 Å². The fraction of sp³-hybridized carbons (Fsp3) is 0. The zero-order valence-electron chi connectivity index (χ0n) is 1.50. The Morgan fingerprint density at radius 3 is 1.20 bits per heavy atom. The predicted molar refractivity (Wildman–Crippen MR) is 9.92 cm³/mol. The van der Waals surface area contributed by atoms with Crippen LogP contribution in [0.25, 0.3) is 0 Å². The standard InChI is InChI=1S/Ir.2O.Ru.Sr.2H. The van der Waals surface area contributed by atoms with Gasteiger partial charge in [-0.1, -0.05) is 0 Å². The van der Waals surface area contributed by atoms with Gasteiger partial charge in [0.2, 0.25) is 0 Å². The van der Waals surface area contributed by atoms with E-state index in [0.717, 1.165) is 37.1 Å². The minimum atomic E-state index is 0. The molecule has 0 aliphatic heterocycles. The van der Waals surface area contributed by atoms with Crippen molar-refractivity contribution in [2.45, 2.75) is 0 Å². The van der Waals surface area contributed by atoms with Crippen LogP contribution < -0.4 is 0 Å². The summed E-state index contributed by atoms with van der Waals surface area (Å²) in [5, 5.41) is 0. The number of hydrogen-bond acceptors (Lipinski definition) is 2. The fourth-order valence-corrected chi connectivity index (χ4v) is 0. The SMILES string of the molecule is [O]=[Ir].[O]=[Ru].[SrH2]. The molecule has 0 aliphatic carbocycles. The Bertz CT molecular complexity index is 11.6. The maximum absolute atomic E-state index is 8.25. The van der Waals surface area contributed by atoms with Crippen LogP contribution in [0.4, 0.5) is 0 Å². The molecule has 0 aromatic rings. The van der Waals surface area contributed by atoms with Crippen LogP contribution in [-0.4, -0.2) is 45.5 Å². The van der Waals surface area contributed by atoms with E-state index in [9.17, 15) is 0 Å². The molecule has 5 heteroatoms. The molecule has 0 aromatic carbocycles. The molecule has 0 amide bonds. The minimum absolute atomic E-state index is 0. The molecule has 2 nitrogen and oxygen atoms in total. The summed E-state index contributed by atoms with van der Waals surface area (Å²) in [7, 11) is 0. The summed E-state index contributed by atoms with van der Waals surface area (Å²) in [6.07, 6.45) is 0. The van der Waals surface area contributed by atoms with Crippen LogP contribution in [0, 0.1) is 0 Å². The molecule has 0 N–H and O–H groups in total. The molecule has 0 unspecified atom stereocenters. The molecule has 5 heavy (non-hydrogen) atoms. The van der Waals surface area contributed by atoms with Gasteiger partial charge in [0, 0.05) is 0 Å². The molecule has 0 rings (SSSR count). The van der Waals surface area contributed by atoms with Crippen molar-refractivity contribution in [2.75, 3.05) is 0 Å². The van der Waals surface area contributed by atoms with Gasteiger partial charge in [0.1, 0.15) is 0 Å². The molecular formula is H2IrO2RuSr. The number of rotatable bonds is 0. The van der Waals surface area contributed by atoms with Gasteiger partial charge in [-0.2, -0.15) is 0 Å². The van der Waals surface area contributed by atoms with E-state index >= 15 is 0 Å². The molecule has 0 spiro atoms. The fourth-order valence-electron chi connectivity index (χ4n) is 0. The first-order chi connectivity index (χ1) is 2.00. The van der Waals surface area contributed by atoms with E-state index in [2.05, 4.69) is 0 Å². The third kappa shape index (κ3) is 21.7. The molecule has 0 fully saturated rings. The van der Waals surface area contributed by atoms with Gasteiger partial charge in [-0.05, 0) is 0 Å². The van der Waals surface area contributed by atoms with Crippen molar-refractivity contribution in [2.24, 2.45) is 0 Å². The molecule has 0 heterocycles. The number of hydrogen-bond donors (Lipinski definition) is 0. The van der Waals surface area contributed by atoms with Crippen LogP contribution in [0.5, 0.6) is 0 Å². The summed E-state index contributed by atoms with van der Waals surface area (Å²) < 4.78 is 16.4. The Morgan fingerprint density at radius 2 is 1.20 bits per heavy atom. The van der Waals surface area contributed by atoms with Crippen molar-refractivity contribution in [1.82, 2.24) is 0 Å². The van der Waals surface area contributed by atoms with Crippen molar-refractivity contribution in [3.05, 3.63) is 0 Å². The van der Waals surface area contributed by atoms with Gasteiger partial charge in [0.15, 0.2) is 0 Å². The monoisotopic (exact) mass is 417 g/mol. The van der Waals surface area contributed by atoms with E-state index in [1.807, 2.05) is 0 Å². The Kier molecular flexibility index (Phi) is 103. The third-order valence-corrected chi connectivity index (χ3v) is 0. The summed E-state index contributed by atoms with van der Waals surface area (Å²) in [6.45, 7) is 0. The van der Waals surface area contributed by atoms with Crippen molar-refractivity contribution in [3.63, 3.8) is 0 Å². The summed E-state index contributed by atoms with van der Waals surface area (Å²) in [4.78, 5) is 0. The van der Waals surface area contributed by atoms with E-state index < -0.39 is 0 Å². The van der Waals surface area contributed by atoms with Crippen molar-refractivity contribution < 1.29 is 44.2 Å². The normalized spacial score (nSPS) is 2.00. The predicted octanol–water partition coefficient (Wildman–Crippen LogP) is -1.16. The first-order valence-corrected chi connectivity index (χ1v) is 1.97. The van der Waals surface area contributed by atoms with Gasteiger partial charge < -0.3 is 0 Å². The molecule has 0 radical (unpaired) electrons. The van der Waals surface area contributed by atoms with Crippen LogP contribution in [0.2, 0.25) is 0 Å². The summed E-state index contributed by atoms with van der Waals surface area (Å²) in [5.74, 6) is 0. The summed E-state index contributed by atoms with van der Waals surface area (Å²) >= 11 is 1.85. The van der Waals surface area contributed by atoms with E-state index in [-0.39, 0.29) is 45.5 Å². The summed E-state index contributed by atoms with van der Waals surface area (Å²) in [5.41, 5.74) is 0. The summed E-state index contributed by atoms with van der Waals surface area (Å²) in [6, 6.07) is 0.